The van der Waals surface area contributed by atoms with Gasteiger partial charge in [-0.05, 0) is 70.8 Å². The topological polar surface area (TPSA) is 224 Å². The van der Waals surface area contributed by atoms with Gasteiger partial charge in [-0.2, -0.15) is 0 Å². The van der Waals surface area contributed by atoms with E-state index in [1.807, 2.05) is 71.9 Å². The van der Waals surface area contributed by atoms with Crippen molar-refractivity contribution >= 4 is 52.6 Å². The fourth-order valence-electron chi connectivity index (χ4n) is 12.3. The van der Waals surface area contributed by atoms with Gasteiger partial charge in [0.2, 0.25) is 12.2 Å². The molecule has 0 amide bonds. The van der Waals surface area contributed by atoms with Crippen LogP contribution in [0.15, 0.2) is 30.3 Å². The Morgan fingerprint density at radius 3 is 1.33 bits per heavy atom. The fourth-order valence-corrected chi connectivity index (χ4v) is 12.4. The maximum absolute atomic E-state index is 12.3. The SMILES string of the molecule is CC(=O)OC1[C@H](OC2C(OC(=N)C(Cl)(Cl)Cl)OC[C@@H]3OC(C)(C)O[C@@H]23)OC(C)[C@H](O[C@@H]2OC[C@@H](C)[C@H](C)C2C)[C@@H]1C.CC(=O)OC1[C@H](OC2[C@H](OCc3ccccc3)OC[C@@H]3OC(C)(C)O[C@@H]23)OC(C)[C@H](O[C@@H]2OC[C@@H](C)[C@H](C)C2C)[C@@H]1C. The molecule has 0 aromatic heterocycles. The van der Waals surface area contributed by atoms with Crippen LogP contribution in [0.2, 0.25) is 0 Å². The van der Waals surface area contributed by atoms with Crippen LogP contribution in [0.25, 0.3) is 0 Å². The van der Waals surface area contributed by atoms with Crippen LogP contribution in [0, 0.1) is 52.8 Å². The van der Waals surface area contributed by atoms with E-state index in [4.69, 9.17) is 125 Å². The first-order valence-corrected chi connectivity index (χ1v) is 30.5. The first-order valence-electron chi connectivity index (χ1n) is 29.3. The molecule has 1 aromatic rings. The maximum atomic E-state index is 12.3. The number of esters is 2. The number of fused-ring (bicyclic) bond motifs is 2. The number of rotatable bonds is 14. The van der Waals surface area contributed by atoms with Gasteiger partial charge in [-0.15, -0.1) is 0 Å². The first kappa shape index (κ1) is 66.8. The molecule has 83 heavy (non-hydrogen) atoms. The standard InChI is InChI=1S/C32H48O10.C27H42Cl3NO10/c1-17-14-34-29(19(3)18(17)2)39-25-20(4)26(38-22(6)33)31(37-21(25)5)40-28-27-24(41-32(7,8)42-27)16-36-30(28)35-15-23-12-10-9-11-13-23;1-11-9-33-22(13(3)12(11)2)37-18-14(4)19(36-16(6)32)24(35-15(18)5)38-21-20-17(40-26(7,8)41-20)10-34-23(21)39-25(31)27(28,29)30/h9-13,17-21,24-31H,14-16H2,1-8H3;11-15,17-24,31H,9-10H2,1-8H3/t17-,18+,19?,20+,21?,24+,25-,26?,27-,28?,29+,30-,31+;11-,12+,13?,14+,15?,17+,18-,19?,20-,21?,22+,23?,24+/m11/s1. The zero-order chi connectivity index (χ0) is 60.6. The number of alkyl halides is 3. The predicted molar refractivity (Wildman–Crippen MR) is 300 cm³/mol. The van der Waals surface area contributed by atoms with Crippen LogP contribution in [0.4, 0.5) is 0 Å². The van der Waals surface area contributed by atoms with Crippen LogP contribution in [-0.2, 0) is 101 Å². The number of nitrogens with one attached hydrogen (secondary N) is 1. The van der Waals surface area contributed by atoms with Gasteiger partial charge in [-0.25, -0.2) is 0 Å². The number of hydrogen-bond acceptors (Lipinski definition) is 21. The van der Waals surface area contributed by atoms with Crippen molar-refractivity contribution in [2.45, 2.75) is 244 Å². The van der Waals surface area contributed by atoms with Crippen molar-refractivity contribution in [3.8, 4) is 0 Å². The Hall–Kier alpha value is -2.10. The second kappa shape index (κ2) is 27.7. The summed E-state index contributed by atoms with van der Waals surface area (Å²) in [6.07, 6.45) is -11.8. The molecule has 0 saturated carbocycles. The van der Waals surface area contributed by atoms with Gasteiger partial charge in [0.1, 0.15) is 30.5 Å². The quantitative estimate of drug-likeness (QED) is 0.0794. The van der Waals surface area contributed by atoms with E-state index in [1.165, 1.54) is 13.8 Å². The molecule has 9 rings (SSSR count). The predicted octanol–water partition coefficient (Wildman–Crippen LogP) is 9.00. The van der Waals surface area contributed by atoms with Gasteiger partial charge in [0.05, 0.1) is 57.5 Å². The summed E-state index contributed by atoms with van der Waals surface area (Å²) >= 11 is 17.6. The van der Waals surface area contributed by atoms with E-state index in [-0.39, 0.29) is 54.9 Å². The van der Waals surface area contributed by atoms with Gasteiger partial charge in [-0.3, -0.25) is 15.0 Å². The molecule has 8 heterocycles. The molecule has 0 bridgehead atoms. The van der Waals surface area contributed by atoms with Crippen LogP contribution in [0.5, 0.6) is 0 Å². The minimum absolute atomic E-state index is 0.0873. The van der Waals surface area contributed by atoms with Gasteiger partial charge >= 0.3 is 11.9 Å². The molecule has 8 aliphatic rings. The van der Waals surface area contributed by atoms with E-state index in [2.05, 4.69) is 41.5 Å². The van der Waals surface area contributed by atoms with E-state index in [1.54, 1.807) is 13.8 Å². The van der Waals surface area contributed by atoms with Gasteiger partial charge in [0.25, 0.3) is 3.79 Å². The van der Waals surface area contributed by atoms with Crippen molar-refractivity contribution in [3.05, 3.63) is 35.9 Å². The lowest BCUT2D eigenvalue weighted by Gasteiger charge is -2.48. The fraction of sp³-hybridized carbons (Fsp3) is 0.847. The summed E-state index contributed by atoms with van der Waals surface area (Å²) in [6.45, 7) is 32.7. The highest BCUT2D eigenvalue weighted by molar-refractivity contribution is 6.76. The Bertz CT molecular complexity index is 2300. The van der Waals surface area contributed by atoms with E-state index in [9.17, 15) is 9.59 Å². The molecule has 21 nitrogen and oxygen atoms in total. The summed E-state index contributed by atoms with van der Waals surface area (Å²) < 4.78 is 109. The highest BCUT2D eigenvalue weighted by Gasteiger charge is 2.58. The highest BCUT2D eigenvalue weighted by atomic mass is 35.6. The van der Waals surface area contributed by atoms with E-state index in [0.29, 0.717) is 50.1 Å². The van der Waals surface area contributed by atoms with Gasteiger partial charge < -0.3 is 85.3 Å². The number of halogens is 3. The van der Waals surface area contributed by atoms with Crippen molar-refractivity contribution < 1.29 is 94.9 Å². The zero-order valence-corrected chi connectivity index (χ0v) is 53.0. The third-order valence-electron chi connectivity index (χ3n) is 17.6. The first-order chi connectivity index (χ1) is 38.9. The summed E-state index contributed by atoms with van der Waals surface area (Å²) in [4.78, 5) is 24.5. The molecule has 24 heteroatoms. The van der Waals surface area contributed by atoms with Crippen molar-refractivity contribution in [2.75, 3.05) is 26.4 Å². The molecule has 9 unspecified atom stereocenters. The Kier molecular flexibility index (Phi) is 22.3. The third kappa shape index (κ3) is 16.2. The minimum Gasteiger partial charge on any atom is -0.457 e. The van der Waals surface area contributed by atoms with Crippen molar-refractivity contribution in [1.29, 1.82) is 5.41 Å². The molecular formula is C59H90Cl3NO20. The van der Waals surface area contributed by atoms with E-state index in [0.717, 1.165) is 5.56 Å². The lowest BCUT2D eigenvalue weighted by atomic mass is 9.82. The Labute approximate surface area is 504 Å². The van der Waals surface area contributed by atoms with Crippen LogP contribution >= 0.6 is 34.8 Å². The Morgan fingerprint density at radius 2 is 0.904 bits per heavy atom. The van der Waals surface area contributed by atoms with Crippen molar-refractivity contribution in [3.63, 3.8) is 0 Å². The summed E-state index contributed by atoms with van der Waals surface area (Å²) in [7, 11) is 0. The smallest absolute Gasteiger partial charge is 0.303 e. The summed E-state index contributed by atoms with van der Waals surface area (Å²) in [5.41, 5.74) is 1.00. The molecule has 8 aliphatic heterocycles. The number of carbonyl (C=O) groups is 2. The average molecular weight is 1240 g/mol. The van der Waals surface area contributed by atoms with Crippen LogP contribution < -0.4 is 0 Å². The van der Waals surface area contributed by atoms with E-state index >= 15 is 0 Å². The molecule has 0 aliphatic carbocycles. The van der Waals surface area contributed by atoms with Gasteiger partial charge in [-0.1, -0.05) is 121 Å². The largest absolute Gasteiger partial charge is 0.457 e. The van der Waals surface area contributed by atoms with Gasteiger partial charge in [0, 0.05) is 37.5 Å². The van der Waals surface area contributed by atoms with Crippen LogP contribution in [0.1, 0.15) is 116 Å². The number of benzene rings is 1. The van der Waals surface area contributed by atoms with Crippen LogP contribution in [0.3, 0.4) is 0 Å². The zero-order valence-electron chi connectivity index (χ0n) is 50.7. The molecule has 26 atom stereocenters. The minimum atomic E-state index is -2.13. The van der Waals surface area contributed by atoms with Crippen LogP contribution in [-0.4, -0.2) is 171 Å². The molecule has 0 spiro atoms. The van der Waals surface area contributed by atoms with Crippen molar-refractivity contribution in [2.24, 2.45) is 47.3 Å². The number of hydrogen-bond donors (Lipinski definition) is 1. The second-order valence-electron chi connectivity index (χ2n) is 24.9. The van der Waals surface area contributed by atoms with Crippen molar-refractivity contribution in [1.82, 2.24) is 0 Å². The molecule has 8 fully saturated rings. The monoisotopic (exact) mass is 1240 g/mol. The molecule has 8 saturated heterocycles. The third-order valence-corrected chi connectivity index (χ3v) is 18.1. The normalized spacial score (nSPS) is 44.0. The lowest BCUT2D eigenvalue weighted by Crippen LogP contribution is -2.61. The molecule has 472 valence electrons. The highest BCUT2D eigenvalue weighted by Crippen LogP contribution is 2.44. The molecular weight excluding hydrogens is 1150 g/mol. The summed E-state index contributed by atoms with van der Waals surface area (Å²) in [5.74, 6) is -1.87. The second-order valence-corrected chi connectivity index (χ2v) is 27.2. The lowest BCUT2D eigenvalue weighted by molar-refractivity contribution is -0.357. The Morgan fingerprint density at radius 1 is 0.506 bits per heavy atom. The summed E-state index contributed by atoms with van der Waals surface area (Å²) in [5, 5.41) is 8.09. The Balaban J connectivity index is 0.000000217. The molecule has 1 N–H and O–H groups in total. The molecule has 0 radical (unpaired) electrons. The molecule has 1 aromatic carbocycles. The maximum Gasteiger partial charge on any atom is 0.303 e. The number of carbonyl (C=O) groups excluding carboxylic acids is 2. The number of ether oxygens (including phenoxy) is 18. The van der Waals surface area contributed by atoms with E-state index < -0.39 is 120 Å². The average Bonchev–Trinajstić information content (AvgIpc) is 3.06. The summed E-state index contributed by atoms with van der Waals surface area (Å²) in [6, 6.07) is 9.86. The van der Waals surface area contributed by atoms with Gasteiger partial charge in [0.15, 0.2) is 61.3 Å².